The Morgan fingerprint density at radius 3 is 2.75 bits per heavy atom. The molecule has 0 spiro atoms. The molecule has 1 N–H and O–H groups in total. The Morgan fingerprint density at radius 1 is 1.18 bits per heavy atom. The van der Waals surface area contributed by atoms with E-state index in [-0.39, 0.29) is 11.9 Å². The molecular formula is C22H29N3O3. The van der Waals surface area contributed by atoms with Crippen molar-refractivity contribution in [3.8, 4) is 0 Å². The zero-order chi connectivity index (χ0) is 19.2. The summed E-state index contributed by atoms with van der Waals surface area (Å²) in [5, 5.41) is 7.17. The monoisotopic (exact) mass is 383 g/mol. The maximum Gasteiger partial charge on any atom is 0.290 e. The van der Waals surface area contributed by atoms with Crippen molar-refractivity contribution >= 4 is 5.91 Å². The Balaban J connectivity index is 1.24. The molecule has 0 aliphatic carbocycles. The van der Waals surface area contributed by atoms with E-state index in [9.17, 15) is 4.79 Å². The predicted octanol–water partition coefficient (Wildman–Crippen LogP) is 3.01. The minimum atomic E-state index is -0.186. The largest absolute Gasteiger partial charge is 0.379 e. The second kappa shape index (κ2) is 9.34. The van der Waals surface area contributed by atoms with E-state index in [0.717, 1.165) is 64.0 Å². The Labute approximate surface area is 166 Å². The lowest BCUT2D eigenvalue weighted by atomic mass is 9.93. The molecule has 1 amide bonds. The Hall–Kier alpha value is -2.18. The minimum absolute atomic E-state index is 0.0719. The minimum Gasteiger partial charge on any atom is -0.379 e. The highest BCUT2D eigenvalue weighted by Gasteiger charge is 2.25. The van der Waals surface area contributed by atoms with Crippen LogP contribution in [0.15, 0.2) is 40.9 Å². The van der Waals surface area contributed by atoms with E-state index in [1.165, 1.54) is 5.56 Å². The summed E-state index contributed by atoms with van der Waals surface area (Å²) in [7, 11) is 0. The Morgan fingerprint density at radius 2 is 2.00 bits per heavy atom. The van der Waals surface area contributed by atoms with Gasteiger partial charge in [-0.1, -0.05) is 35.5 Å². The summed E-state index contributed by atoms with van der Waals surface area (Å²) in [6.07, 6.45) is 5.13. The van der Waals surface area contributed by atoms with Crippen molar-refractivity contribution in [2.24, 2.45) is 0 Å². The molecule has 28 heavy (non-hydrogen) atoms. The van der Waals surface area contributed by atoms with Gasteiger partial charge in [-0.15, -0.1) is 0 Å². The molecule has 2 aromatic rings. The smallest absolute Gasteiger partial charge is 0.290 e. The molecule has 0 radical (unpaired) electrons. The SMILES string of the molecule is O=C(NC1CCCOC1)c1cc(C2CCN(CCc3ccccc3)CC2)no1. The van der Waals surface area contributed by atoms with Crippen LogP contribution in [0.5, 0.6) is 0 Å². The summed E-state index contributed by atoms with van der Waals surface area (Å²) in [6.45, 7) is 4.57. The number of rotatable bonds is 6. The molecule has 0 saturated carbocycles. The number of piperidine rings is 1. The third kappa shape index (κ3) is 5.00. The van der Waals surface area contributed by atoms with Crippen LogP contribution in [0.1, 0.15) is 53.4 Å². The Kier molecular flexibility index (Phi) is 6.39. The normalized spacial score (nSPS) is 21.5. The standard InChI is InChI=1S/C22H29N3O3/c26-22(23-19-7-4-14-27-16-19)21-15-20(24-28-21)18-9-12-25(13-10-18)11-8-17-5-2-1-3-6-17/h1-3,5-6,15,18-19H,4,7-14,16H2,(H,23,26). The van der Waals surface area contributed by atoms with Gasteiger partial charge in [0.1, 0.15) is 0 Å². The number of aromatic nitrogens is 1. The molecule has 3 heterocycles. The number of hydrogen-bond acceptors (Lipinski definition) is 5. The van der Waals surface area contributed by atoms with E-state index in [4.69, 9.17) is 9.26 Å². The van der Waals surface area contributed by atoms with Gasteiger partial charge in [0, 0.05) is 25.1 Å². The molecule has 2 fully saturated rings. The van der Waals surface area contributed by atoms with Crippen LogP contribution in [0.2, 0.25) is 0 Å². The zero-order valence-electron chi connectivity index (χ0n) is 16.3. The number of carbonyl (C=O) groups is 1. The molecule has 1 atom stereocenters. The number of nitrogens with one attached hydrogen (secondary N) is 1. The van der Waals surface area contributed by atoms with E-state index in [2.05, 4.69) is 45.7 Å². The average Bonchev–Trinajstić information content (AvgIpc) is 3.25. The van der Waals surface area contributed by atoms with E-state index >= 15 is 0 Å². The molecule has 2 saturated heterocycles. The van der Waals surface area contributed by atoms with Gasteiger partial charge in [-0.25, -0.2) is 0 Å². The van der Waals surface area contributed by atoms with E-state index in [0.29, 0.717) is 18.3 Å². The number of benzene rings is 1. The van der Waals surface area contributed by atoms with Crippen molar-refractivity contribution in [1.29, 1.82) is 0 Å². The first-order chi connectivity index (χ1) is 13.8. The molecule has 6 nitrogen and oxygen atoms in total. The van der Waals surface area contributed by atoms with Crippen LogP contribution in [-0.4, -0.2) is 54.9 Å². The topological polar surface area (TPSA) is 67.6 Å². The first-order valence-electron chi connectivity index (χ1n) is 10.4. The van der Waals surface area contributed by atoms with Gasteiger partial charge in [-0.2, -0.15) is 0 Å². The van der Waals surface area contributed by atoms with Crippen molar-refractivity contribution in [2.75, 3.05) is 32.8 Å². The number of nitrogens with zero attached hydrogens (tertiary/aromatic N) is 2. The van der Waals surface area contributed by atoms with Gasteiger partial charge in [-0.3, -0.25) is 4.79 Å². The van der Waals surface area contributed by atoms with Crippen LogP contribution in [-0.2, 0) is 11.2 Å². The molecule has 1 aromatic heterocycles. The molecular weight excluding hydrogens is 354 g/mol. The van der Waals surface area contributed by atoms with Crippen molar-refractivity contribution < 1.29 is 14.1 Å². The number of amides is 1. The van der Waals surface area contributed by atoms with Crippen molar-refractivity contribution in [3.63, 3.8) is 0 Å². The quantitative estimate of drug-likeness (QED) is 0.831. The fraction of sp³-hybridized carbons (Fsp3) is 0.545. The number of carbonyl (C=O) groups excluding carboxylic acids is 1. The second-order valence-electron chi connectivity index (χ2n) is 7.86. The fourth-order valence-electron chi connectivity index (χ4n) is 4.08. The summed E-state index contributed by atoms with van der Waals surface area (Å²) in [5.41, 5.74) is 2.30. The molecule has 150 valence electrons. The first kappa shape index (κ1) is 19.2. The third-order valence-corrected chi connectivity index (χ3v) is 5.81. The van der Waals surface area contributed by atoms with Gasteiger partial charge in [0.25, 0.3) is 5.91 Å². The molecule has 2 aliphatic rings. The van der Waals surface area contributed by atoms with Crippen LogP contribution in [0, 0.1) is 0 Å². The van der Waals surface area contributed by atoms with Crippen LogP contribution in [0.3, 0.4) is 0 Å². The van der Waals surface area contributed by atoms with E-state index in [1.807, 2.05) is 6.07 Å². The van der Waals surface area contributed by atoms with Crippen molar-refractivity contribution in [1.82, 2.24) is 15.4 Å². The van der Waals surface area contributed by atoms with Crippen molar-refractivity contribution in [3.05, 3.63) is 53.4 Å². The maximum atomic E-state index is 12.4. The highest BCUT2D eigenvalue weighted by Crippen LogP contribution is 2.27. The summed E-state index contributed by atoms with van der Waals surface area (Å²) in [6, 6.07) is 12.5. The van der Waals surface area contributed by atoms with Crippen LogP contribution in [0.4, 0.5) is 0 Å². The van der Waals surface area contributed by atoms with Gasteiger partial charge >= 0.3 is 0 Å². The summed E-state index contributed by atoms with van der Waals surface area (Å²) in [5.74, 6) is 0.498. The maximum absolute atomic E-state index is 12.4. The summed E-state index contributed by atoms with van der Waals surface area (Å²) >= 11 is 0. The van der Waals surface area contributed by atoms with Crippen LogP contribution in [0.25, 0.3) is 0 Å². The van der Waals surface area contributed by atoms with Gasteiger partial charge in [0.15, 0.2) is 0 Å². The lowest BCUT2D eigenvalue weighted by molar-refractivity contribution is 0.0608. The third-order valence-electron chi connectivity index (χ3n) is 5.81. The molecule has 1 unspecified atom stereocenters. The molecule has 0 bridgehead atoms. The molecule has 4 rings (SSSR count). The van der Waals surface area contributed by atoms with Crippen LogP contribution < -0.4 is 5.32 Å². The summed E-state index contributed by atoms with van der Waals surface area (Å²) in [4.78, 5) is 14.9. The lowest BCUT2D eigenvalue weighted by Crippen LogP contribution is -2.40. The van der Waals surface area contributed by atoms with Gasteiger partial charge in [0.05, 0.1) is 18.3 Å². The fourth-order valence-corrected chi connectivity index (χ4v) is 4.08. The van der Waals surface area contributed by atoms with Gasteiger partial charge < -0.3 is 19.5 Å². The zero-order valence-corrected chi connectivity index (χ0v) is 16.3. The highest BCUT2D eigenvalue weighted by atomic mass is 16.5. The van der Waals surface area contributed by atoms with Crippen LogP contribution >= 0.6 is 0 Å². The van der Waals surface area contributed by atoms with Crippen molar-refractivity contribution in [2.45, 2.75) is 44.1 Å². The van der Waals surface area contributed by atoms with E-state index < -0.39 is 0 Å². The first-order valence-corrected chi connectivity index (χ1v) is 10.4. The average molecular weight is 383 g/mol. The van der Waals surface area contributed by atoms with Gasteiger partial charge in [0.2, 0.25) is 5.76 Å². The number of hydrogen-bond donors (Lipinski definition) is 1. The van der Waals surface area contributed by atoms with Gasteiger partial charge in [-0.05, 0) is 50.8 Å². The molecule has 1 aromatic carbocycles. The van der Waals surface area contributed by atoms with E-state index in [1.54, 1.807) is 0 Å². The predicted molar refractivity (Wildman–Crippen MR) is 106 cm³/mol. The highest BCUT2D eigenvalue weighted by molar-refractivity contribution is 5.91. The molecule has 6 heteroatoms. The summed E-state index contributed by atoms with van der Waals surface area (Å²) < 4.78 is 10.7. The second-order valence-corrected chi connectivity index (χ2v) is 7.86. The number of ether oxygens (including phenoxy) is 1. The Bertz CT molecular complexity index is 747. The number of likely N-dealkylation sites (tertiary alicyclic amines) is 1. The molecule has 2 aliphatic heterocycles. The lowest BCUT2D eigenvalue weighted by Gasteiger charge is -2.30.